The molecule has 1 aromatic rings. The fourth-order valence-corrected chi connectivity index (χ4v) is 0.913. The summed E-state index contributed by atoms with van der Waals surface area (Å²) in [7, 11) is 0. The van der Waals surface area contributed by atoms with Gasteiger partial charge in [0, 0.05) is 0 Å². The highest BCUT2D eigenvalue weighted by atomic mass is 32.2. The Morgan fingerprint density at radius 1 is 1.88 bits per heavy atom. The third kappa shape index (κ3) is 1.23. The van der Waals surface area contributed by atoms with Gasteiger partial charge in [0.1, 0.15) is 6.33 Å². The number of hydrogen-bond acceptors (Lipinski definition) is 3. The quantitative estimate of drug-likeness (QED) is 0.603. The minimum atomic E-state index is 0.896. The number of thioether (sulfide) groups is 1. The Kier molecular flexibility index (Phi) is 1.91. The molecule has 1 heterocycles. The zero-order valence-electron chi connectivity index (χ0n) is 4.59. The SMILES string of the molecule is CCSc1ncn[nH]1. The van der Waals surface area contributed by atoms with Crippen molar-refractivity contribution >= 4 is 11.8 Å². The van der Waals surface area contributed by atoms with Crippen LogP contribution in [0.25, 0.3) is 0 Å². The van der Waals surface area contributed by atoms with Crippen molar-refractivity contribution in [3.63, 3.8) is 0 Å². The van der Waals surface area contributed by atoms with Gasteiger partial charge in [0.15, 0.2) is 5.16 Å². The summed E-state index contributed by atoms with van der Waals surface area (Å²) in [6.07, 6.45) is 1.51. The molecule has 3 nitrogen and oxygen atoms in total. The number of nitrogens with one attached hydrogen (secondary N) is 1. The Morgan fingerprint density at radius 2 is 2.75 bits per heavy atom. The van der Waals surface area contributed by atoms with Crippen molar-refractivity contribution in [2.75, 3.05) is 5.75 Å². The Balaban J connectivity index is 2.50. The van der Waals surface area contributed by atoms with Gasteiger partial charge >= 0.3 is 0 Å². The van der Waals surface area contributed by atoms with Crippen LogP contribution < -0.4 is 0 Å². The summed E-state index contributed by atoms with van der Waals surface area (Å²) in [5.74, 6) is 1.04. The van der Waals surface area contributed by atoms with E-state index in [1.807, 2.05) is 0 Å². The van der Waals surface area contributed by atoms with Crippen molar-refractivity contribution in [3.05, 3.63) is 6.33 Å². The van der Waals surface area contributed by atoms with E-state index in [9.17, 15) is 0 Å². The van der Waals surface area contributed by atoms with Gasteiger partial charge in [-0.25, -0.2) is 4.98 Å². The molecule has 8 heavy (non-hydrogen) atoms. The number of rotatable bonds is 2. The molecule has 0 aliphatic heterocycles. The number of H-pyrrole nitrogens is 1. The van der Waals surface area contributed by atoms with Gasteiger partial charge in [0.2, 0.25) is 0 Å². The lowest BCUT2D eigenvalue weighted by Crippen LogP contribution is -1.73. The van der Waals surface area contributed by atoms with Crippen LogP contribution in [0.15, 0.2) is 11.5 Å². The van der Waals surface area contributed by atoms with E-state index >= 15 is 0 Å². The lowest BCUT2D eigenvalue weighted by atomic mass is 11.0. The summed E-state index contributed by atoms with van der Waals surface area (Å²) in [6.45, 7) is 2.08. The van der Waals surface area contributed by atoms with E-state index in [0.29, 0.717) is 0 Å². The van der Waals surface area contributed by atoms with Crippen molar-refractivity contribution in [1.29, 1.82) is 0 Å². The molecule has 0 saturated heterocycles. The van der Waals surface area contributed by atoms with Crippen LogP contribution in [0.2, 0.25) is 0 Å². The Morgan fingerprint density at radius 3 is 3.25 bits per heavy atom. The normalized spacial score (nSPS) is 9.62. The maximum atomic E-state index is 3.90. The fraction of sp³-hybridized carbons (Fsp3) is 0.500. The first kappa shape index (κ1) is 5.62. The monoisotopic (exact) mass is 129 g/mol. The molecule has 0 aliphatic carbocycles. The van der Waals surface area contributed by atoms with Gasteiger partial charge in [0.05, 0.1) is 0 Å². The first-order chi connectivity index (χ1) is 3.93. The van der Waals surface area contributed by atoms with E-state index in [4.69, 9.17) is 0 Å². The second kappa shape index (κ2) is 2.71. The highest BCUT2D eigenvalue weighted by Crippen LogP contribution is 2.07. The number of aromatic nitrogens is 3. The first-order valence-electron chi connectivity index (χ1n) is 2.41. The average molecular weight is 129 g/mol. The summed E-state index contributed by atoms with van der Waals surface area (Å²) in [4.78, 5) is 3.90. The van der Waals surface area contributed by atoms with Gasteiger partial charge in [-0.2, -0.15) is 5.10 Å². The molecule has 0 bridgehead atoms. The minimum Gasteiger partial charge on any atom is -0.254 e. The second-order valence-electron chi connectivity index (χ2n) is 1.22. The molecule has 4 heteroatoms. The van der Waals surface area contributed by atoms with Crippen molar-refractivity contribution in [3.8, 4) is 0 Å². The molecule has 0 spiro atoms. The molecule has 1 aromatic heterocycles. The Hall–Kier alpha value is -0.510. The van der Waals surface area contributed by atoms with Crippen LogP contribution in [0, 0.1) is 0 Å². The number of hydrogen-bond donors (Lipinski definition) is 1. The van der Waals surface area contributed by atoms with Crippen LogP contribution in [0.3, 0.4) is 0 Å². The fourth-order valence-electron chi connectivity index (χ4n) is 0.401. The Labute approximate surface area is 51.9 Å². The lowest BCUT2D eigenvalue weighted by molar-refractivity contribution is 0.974. The molecule has 0 amide bonds. The van der Waals surface area contributed by atoms with Crippen LogP contribution in [-0.4, -0.2) is 20.9 Å². The van der Waals surface area contributed by atoms with E-state index in [2.05, 4.69) is 22.1 Å². The molecular formula is C4H7N3S. The van der Waals surface area contributed by atoms with Crippen molar-refractivity contribution in [2.45, 2.75) is 12.1 Å². The molecule has 0 saturated carbocycles. The van der Waals surface area contributed by atoms with Crippen LogP contribution in [0.4, 0.5) is 0 Å². The van der Waals surface area contributed by atoms with E-state index in [1.165, 1.54) is 6.33 Å². The van der Waals surface area contributed by atoms with E-state index in [0.717, 1.165) is 10.9 Å². The van der Waals surface area contributed by atoms with Gasteiger partial charge in [-0.3, -0.25) is 5.10 Å². The van der Waals surface area contributed by atoms with Gasteiger partial charge in [-0.05, 0) is 5.75 Å². The van der Waals surface area contributed by atoms with Crippen molar-refractivity contribution in [2.24, 2.45) is 0 Å². The summed E-state index contributed by atoms with van der Waals surface area (Å²) < 4.78 is 0. The average Bonchev–Trinajstić information content (AvgIpc) is 2.19. The molecule has 44 valence electrons. The molecule has 1 rings (SSSR count). The van der Waals surface area contributed by atoms with E-state index in [1.54, 1.807) is 11.8 Å². The van der Waals surface area contributed by atoms with E-state index in [-0.39, 0.29) is 0 Å². The maximum Gasteiger partial charge on any atom is 0.183 e. The third-order valence-electron chi connectivity index (χ3n) is 0.674. The summed E-state index contributed by atoms with van der Waals surface area (Å²) in [5.41, 5.74) is 0. The summed E-state index contributed by atoms with van der Waals surface area (Å²) in [5, 5.41) is 7.32. The zero-order valence-corrected chi connectivity index (χ0v) is 5.40. The molecule has 0 atom stereocenters. The molecule has 0 aliphatic rings. The van der Waals surface area contributed by atoms with Gasteiger partial charge in [-0.15, -0.1) is 0 Å². The van der Waals surface area contributed by atoms with Gasteiger partial charge in [0.25, 0.3) is 0 Å². The lowest BCUT2D eigenvalue weighted by Gasteiger charge is -1.84. The largest absolute Gasteiger partial charge is 0.254 e. The molecule has 1 N–H and O–H groups in total. The van der Waals surface area contributed by atoms with Crippen LogP contribution in [0.5, 0.6) is 0 Å². The summed E-state index contributed by atoms with van der Waals surface area (Å²) in [6, 6.07) is 0. The van der Waals surface area contributed by atoms with Gasteiger partial charge in [-0.1, -0.05) is 18.7 Å². The molecule has 0 aromatic carbocycles. The summed E-state index contributed by atoms with van der Waals surface area (Å²) >= 11 is 1.65. The smallest absolute Gasteiger partial charge is 0.183 e. The number of nitrogens with zero attached hydrogens (tertiary/aromatic N) is 2. The van der Waals surface area contributed by atoms with Crippen molar-refractivity contribution < 1.29 is 0 Å². The van der Waals surface area contributed by atoms with Crippen LogP contribution in [-0.2, 0) is 0 Å². The maximum absolute atomic E-state index is 3.90. The highest BCUT2D eigenvalue weighted by Gasteiger charge is 1.89. The topological polar surface area (TPSA) is 41.6 Å². The minimum absolute atomic E-state index is 0.896. The molecule has 0 radical (unpaired) electrons. The third-order valence-corrected chi connectivity index (χ3v) is 1.43. The molecule has 0 unspecified atom stereocenters. The second-order valence-corrected chi connectivity index (χ2v) is 2.48. The van der Waals surface area contributed by atoms with Crippen molar-refractivity contribution in [1.82, 2.24) is 15.2 Å². The van der Waals surface area contributed by atoms with Crippen LogP contribution in [0.1, 0.15) is 6.92 Å². The predicted molar refractivity (Wildman–Crippen MR) is 32.8 cm³/mol. The molecule has 0 fully saturated rings. The van der Waals surface area contributed by atoms with Gasteiger partial charge < -0.3 is 0 Å². The zero-order chi connectivity index (χ0) is 5.82. The standard InChI is InChI=1S/C4H7N3S/c1-2-8-4-5-3-6-7-4/h3H,2H2,1H3,(H,5,6,7). The van der Waals surface area contributed by atoms with Crippen LogP contribution >= 0.6 is 11.8 Å². The number of aromatic amines is 1. The Bertz CT molecular complexity index is 137. The molecular weight excluding hydrogens is 122 g/mol. The highest BCUT2D eigenvalue weighted by molar-refractivity contribution is 7.99. The van der Waals surface area contributed by atoms with E-state index < -0.39 is 0 Å². The first-order valence-corrected chi connectivity index (χ1v) is 3.40. The predicted octanol–water partition coefficient (Wildman–Crippen LogP) is 0.917.